The number of aliphatic imine (C=N–C) groups is 1. The van der Waals surface area contributed by atoms with Crippen molar-refractivity contribution in [3.05, 3.63) is 72.1 Å². The minimum absolute atomic E-state index is 0.126. The van der Waals surface area contributed by atoms with Crippen molar-refractivity contribution < 1.29 is 4.79 Å². The summed E-state index contributed by atoms with van der Waals surface area (Å²) in [6.45, 7) is 0. The molecule has 0 unspecified atom stereocenters. The predicted molar refractivity (Wildman–Crippen MR) is 103 cm³/mol. The van der Waals surface area contributed by atoms with Gasteiger partial charge >= 0.3 is 0 Å². The van der Waals surface area contributed by atoms with Crippen molar-refractivity contribution in [1.82, 2.24) is 19.4 Å². The van der Waals surface area contributed by atoms with Crippen LogP contribution in [0.3, 0.4) is 0 Å². The highest BCUT2D eigenvalue weighted by Gasteiger charge is 2.50. The number of nitriles is 1. The van der Waals surface area contributed by atoms with Gasteiger partial charge in [-0.25, -0.2) is 15.0 Å². The third-order valence-electron chi connectivity index (χ3n) is 4.95. The minimum atomic E-state index is -1.35. The molecule has 2 N–H and O–H groups in total. The lowest BCUT2D eigenvalue weighted by Crippen LogP contribution is -2.41. The number of hydrogen-bond acceptors (Lipinski definition) is 6. The molecule has 0 bridgehead atoms. The lowest BCUT2D eigenvalue weighted by atomic mass is 9.83. The molecule has 0 radical (unpaired) electrons. The van der Waals surface area contributed by atoms with Gasteiger partial charge in [0, 0.05) is 43.8 Å². The molecule has 0 fully saturated rings. The van der Waals surface area contributed by atoms with Gasteiger partial charge in [-0.2, -0.15) is 5.26 Å². The number of aryl methyl sites for hydroxylation is 1. The first-order valence-electron chi connectivity index (χ1n) is 8.53. The molecule has 0 saturated heterocycles. The maximum atomic E-state index is 13.3. The van der Waals surface area contributed by atoms with E-state index in [1.165, 1.54) is 11.2 Å². The Morgan fingerprint density at radius 3 is 2.46 bits per heavy atom. The number of guanidine groups is 1. The third-order valence-corrected chi connectivity index (χ3v) is 4.95. The van der Waals surface area contributed by atoms with Crippen LogP contribution in [0.5, 0.6) is 0 Å². The van der Waals surface area contributed by atoms with E-state index < -0.39 is 5.54 Å². The molecule has 1 aliphatic heterocycles. The summed E-state index contributed by atoms with van der Waals surface area (Å²) in [4.78, 5) is 27.3. The van der Waals surface area contributed by atoms with Gasteiger partial charge in [-0.15, -0.1) is 0 Å². The summed E-state index contributed by atoms with van der Waals surface area (Å²) in [6.07, 6.45) is 6.61. The highest BCUT2D eigenvalue weighted by atomic mass is 16.2. The standard InChI is InChI=1S/C20H17N7O/c1-26-11-16(7-17(26)8-21)20(18(28)27(2)19(22)25-20)15-5-3-4-13(6-15)14-9-23-12-24-10-14/h3-7,9-12H,1-2H3,(H2,22,25)/t20-/m0/s1. The van der Waals surface area contributed by atoms with Crippen LogP contribution in [-0.4, -0.2) is 38.3 Å². The minimum Gasteiger partial charge on any atom is -0.369 e. The zero-order chi connectivity index (χ0) is 19.9. The monoisotopic (exact) mass is 371 g/mol. The van der Waals surface area contributed by atoms with Crippen molar-refractivity contribution in [1.29, 1.82) is 5.26 Å². The van der Waals surface area contributed by atoms with Gasteiger partial charge in [0.05, 0.1) is 0 Å². The van der Waals surface area contributed by atoms with Crippen LogP contribution in [0.15, 0.2) is 60.2 Å². The fraction of sp³-hybridized carbons (Fsp3) is 0.150. The fourth-order valence-electron chi connectivity index (χ4n) is 3.43. The first kappa shape index (κ1) is 17.4. The summed E-state index contributed by atoms with van der Waals surface area (Å²) in [5, 5.41) is 9.35. The average Bonchev–Trinajstić information content (AvgIpc) is 3.22. The van der Waals surface area contributed by atoms with E-state index in [4.69, 9.17) is 5.73 Å². The highest BCUT2D eigenvalue weighted by molar-refractivity contribution is 6.09. The molecule has 28 heavy (non-hydrogen) atoms. The van der Waals surface area contributed by atoms with E-state index in [1.807, 2.05) is 24.3 Å². The van der Waals surface area contributed by atoms with Crippen molar-refractivity contribution >= 4 is 11.9 Å². The maximum absolute atomic E-state index is 13.3. The molecule has 4 rings (SSSR count). The smallest absolute Gasteiger partial charge is 0.266 e. The number of nitrogens with zero attached hydrogens (tertiary/aromatic N) is 6. The SMILES string of the molecule is CN1C(=O)[C@](c2cccc(-c3cncnc3)c2)(c2cc(C#N)n(C)c2)N=C1N. The van der Waals surface area contributed by atoms with Gasteiger partial charge in [-0.1, -0.05) is 18.2 Å². The summed E-state index contributed by atoms with van der Waals surface area (Å²) in [5.41, 5.74) is 8.00. The topological polar surface area (TPSA) is 113 Å². The molecule has 0 spiro atoms. The largest absolute Gasteiger partial charge is 0.369 e. The van der Waals surface area contributed by atoms with Gasteiger partial charge in [0.25, 0.3) is 5.91 Å². The number of aromatic nitrogens is 3. The molecule has 0 saturated carbocycles. The number of likely N-dealkylation sites (N-methyl/N-ethyl adjacent to an activating group) is 1. The number of carbonyl (C=O) groups excluding carboxylic acids is 1. The van der Waals surface area contributed by atoms with Gasteiger partial charge < -0.3 is 10.3 Å². The number of amides is 1. The van der Waals surface area contributed by atoms with Gasteiger partial charge in [0.15, 0.2) is 11.5 Å². The van der Waals surface area contributed by atoms with Gasteiger partial charge in [-0.05, 0) is 23.3 Å². The zero-order valence-corrected chi connectivity index (χ0v) is 15.4. The first-order chi connectivity index (χ1) is 13.5. The van der Waals surface area contributed by atoms with Crippen LogP contribution < -0.4 is 5.73 Å². The highest BCUT2D eigenvalue weighted by Crippen LogP contribution is 2.41. The van der Waals surface area contributed by atoms with E-state index in [0.29, 0.717) is 16.8 Å². The fourth-order valence-corrected chi connectivity index (χ4v) is 3.43. The van der Waals surface area contributed by atoms with E-state index in [-0.39, 0.29) is 11.9 Å². The summed E-state index contributed by atoms with van der Waals surface area (Å²) < 4.78 is 1.67. The Hall–Kier alpha value is -3.99. The molecule has 1 aliphatic rings. The molecule has 1 aromatic carbocycles. The maximum Gasteiger partial charge on any atom is 0.266 e. The second-order valence-corrected chi connectivity index (χ2v) is 6.59. The number of nitrogens with two attached hydrogens (primary N) is 1. The molecule has 138 valence electrons. The van der Waals surface area contributed by atoms with E-state index in [0.717, 1.165) is 11.1 Å². The Bertz CT molecular complexity index is 1140. The molecular weight excluding hydrogens is 354 g/mol. The summed E-state index contributed by atoms with van der Waals surface area (Å²) in [5.74, 6) is -0.151. The lowest BCUT2D eigenvalue weighted by Gasteiger charge is -2.25. The van der Waals surface area contributed by atoms with Crippen LogP contribution in [0.4, 0.5) is 0 Å². The van der Waals surface area contributed by atoms with Crippen LogP contribution in [0.2, 0.25) is 0 Å². The van der Waals surface area contributed by atoms with Gasteiger partial charge in [0.1, 0.15) is 18.1 Å². The number of hydrogen-bond donors (Lipinski definition) is 1. The molecule has 8 nitrogen and oxygen atoms in total. The van der Waals surface area contributed by atoms with Crippen molar-refractivity contribution in [3.63, 3.8) is 0 Å². The van der Waals surface area contributed by atoms with Crippen LogP contribution in [0, 0.1) is 11.3 Å². The number of benzene rings is 1. The zero-order valence-electron chi connectivity index (χ0n) is 15.4. The van der Waals surface area contributed by atoms with Gasteiger partial charge in [0.2, 0.25) is 0 Å². The lowest BCUT2D eigenvalue weighted by molar-refractivity contribution is -0.129. The molecule has 1 amide bonds. The summed E-state index contributed by atoms with van der Waals surface area (Å²) in [7, 11) is 3.34. The normalized spacial score (nSPS) is 18.8. The van der Waals surface area contributed by atoms with Crippen molar-refractivity contribution in [2.24, 2.45) is 17.8 Å². The van der Waals surface area contributed by atoms with E-state index in [9.17, 15) is 10.1 Å². The molecule has 0 aliphatic carbocycles. The van der Waals surface area contributed by atoms with E-state index >= 15 is 0 Å². The molecule has 1 atom stereocenters. The van der Waals surface area contributed by atoms with Crippen molar-refractivity contribution in [3.8, 4) is 17.2 Å². The Balaban J connectivity index is 1.96. The molecule has 3 aromatic rings. The number of rotatable bonds is 3. The summed E-state index contributed by atoms with van der Waals surface area (Å²) in [6, 6.07) is 11.3. The second-order valence-electron chi connectivity index (χ2n) is 6.59. The van der Waals surface area contributed by atoms with Crippen LogP contribution >= 0.6 is 0 Å². The van der Waals surface area contributed by atoms with Crippen molar-refractivity contribution in [2.75, 3.05) is 7.05 Å². The van der Waals surface area contributed by atoms with Crippen molar-refractivity contribution in [2.45, 2.75) is 5.54 Å². The average molecular weight is 371 g/mol. The van der Waals surface area contributed by atoms with Crippen LogP contribution in [0.25, 0.3) is 11.1 Å². The Morgan fingerprint density at radius 2 is 1.86 bits per heavy atom. The Labute approximate surface area is 161 Å². The van der Waals surface area contributed by atoms with Crippen LogP contribution in [0.1, 0.15) is 16.8 Å². The predicted octanol–water partition coefficient (Wildman–Crippen LogP) is 1.38. The molecule has 3 heterocycles. The van der Waals surface area contributed by atoms with Crippen LogP contribution in [-0.2, 0) is 17.4 Å². The second kappa shape index (κ2) is 6.32. The Morgan fingerprint density at radius 1 is 1.11 bits per heavy atom. The quantitative estimate of drug-likeness (QED) is 0.747. The first-order valence-corrected chi connectivity index (χ1v) is 8.53. The molecule has 8 heteroatoms. The Kier molecular flexibility index (Phi) is 3.93. The van der Waals surface area contributed by atoms with E-state index in [1.54, 1.807) is 43.3 Å². The number of carbonyl (C=O) groups is 1. The summed E-state index contributed by atoms with van der Waals surface area (Å²) >= 11 is 0. The third kappa shape index (κ3) is 2.45. The molecule has 2 aromatic heterocycles. The molecular formula is C20H17N7O. The van der Waals surface area contributed by atoms with E-state index in [2.05, 4.69) is 21.0 Å². The van der Waals surface area contributed by atoms with Gasteiger partial charge in [-0.3, -0.25) is 9.69 Å².